The highest BCUT2D eigenvalue weighted by molar-refractivity contribution is 8.00. The zero-order valence-corrected chi connectivity index (χ0v) is 18.4. The molecular weight excluding hydrogens is 398 g/mol. The van der Waals surface area contributed by atoms with Crippen molar-refractivity contribution in [2.75, 3.05) is 18.2 Å². The first-order valence-electron chi connectivity index (χ1n) is 9.78. The molecule has 6 nitrogen and oxygen atoms in total. The molecule has 1 N–H and O–H groups in total. The van der Waals surface area contributed by atoms with Crippen LogP contribution in [0.4, 0.5) is 5.82 Å². The summed E-state index contributed by atoms with van der Waals surface area (Å²) in [6.45, 7) is 4.52. The van der Waals surface area contributed by atoms with Gasteiger partial charge in [-0.15, -0.1) is 11.8 Å². The van der Waals surface area contributed by atoms with Crippen LogP contribution in [0.1, 0.15) is 33.2 Å². The number of fused-ring (bicyclic) bond motifs is 1. The highest BCUT2D eigenvalue weighted by Gasteiger charge is 2.30. The molecule has 2 aromatic carbocycles. The average Bonchev–Trinajstić information content (AvgIpc) is 2.90. The molecule has 0 fully saturated rings. The lowest BCUT2D eigenvalue weighted by atomic mass is 10.0. The van der Waals surface area contributed by atoms with Gasteiger partial charge in [-0.2, -0.15) is 5.10 Å². The zero-order chi connectivity index (χ0) is 21.3. The molecule has 0 saturated carbocycles. The second-order valence-electron chi connectivity index (χ2n) is 7.34. The number of anilines is 1. The molecule has 156 valence electrons. The van der Waals surface area contributed by atoms with E-state index in [1.165, 1.54) is 5.56 Å². The minimum atomic E-state index is -0.0213. The number of nitrogens with zero attached hydrogens (tertiary/aromatic N) is 2. The Morgan fingerprint density at radius 2 is 2.00 bits per heavy atom. The lowest BCUT2D eigenvalue weighted by Gasteiger charge is -2.18. The predicted octanol–water partition coefficient (Wildman–Crippen LogP) is 4.40. The molecule has 30 heavy (non-hydrogen) atoms. The van der Waals surface area contributed by atoms with Crippen molar-refractivity contribution in [3.63, 3.8) is 0 Å². The van der Waals surface area contributed by atoms with Crippen molar-refractivity contribution in [3.05, 3.63) is 70.4 Å². The molecule has 1 aromatic heterocycles. The fraction of sp³-hybridized carbons (Fsp3) is 0.304. The predicted molar refractivity (Wildman–Crippen MR) is 119 cm³/mol. The maximum absolute atomic E-state index is 12.2. The van der Waals surface area contributed by atoms with Crippen LogP contribution in [0.5, 0.6) is 11.5 Å². The Morgan fingerprint density at radius 3 is 2.77 bits per heavy atom. The molecule has 0 saturated heterocycles. The van der Waals surface area contributed by atoms with Crippen LogP contribution in [0, 0.1) is 13.8 Å². The Bertz CT molecular complexity index is 1090. The number of carbonyl (C=O) groups excluding carboxylic acids is 1. The maximum Gasteiger partial charge on any atom is 0.235 e. The molecule has 3 aromatic rings. The number of aromatic nitrogens is 2. The minimum absolute atomic E-state index is 0.0168. The summed E-state index contributed by atoms with van der Waals surface area (Å²) in [7, 11) is 3.49. The van der Waals surface area contributed by atoms with Crippen LogP contribution in [0.3, 0.4) is 0 Å². The number of rotatable bonds is 5. The summed E-state index contributed by atoms with van der Waals surface area (Å²) < 4.78 is 13.4. The van der Waals surface area contributed by atoms with E-state index in [9.17, 15) is 4.79 Å². The number of hydrogen-bond donors (Lipinski definition) is 1. The summed E-state index contributed by atoms with van der Waals surface area (Å²) in [5, 5.41) is 7.47. The molecule has 0 bridgehead atoms. The lowest BCUT2D eigenvalue weighted by molar-refractivity contribution is -0.113. The Hall–Kier alpha value is -2.93. The van der Waals surface area contributed by atoms with Crippen molar-refractivity contribution >= 4 is 23.5 Å². The Kier molecular flexibility index (Phi) is 5.72. The van der Waals surface area contributed by atoms with E-state index in [0.29, 0.717) is 23.9 Å². The van der Waals surface area contributed by atoms with Gasteiger partial charge in [0.1, 0.15) is 12.4 Å². The van der Waals surface area contributed by atoms with E-state index in [1.807, 2.05) is 44.3 Å². The Balaban J connectivity index is 1.64. The monoisotopic (exact) mass is 423 g/mol. The molecule has 7 heteroatoms. The number of carbonyl (C=O) groups is 1. The van der Waals surface area contributed by atoms with Gasteiger partial charge in [0.2, 0.25) is 5.91 Å². The topological polar surface area (TPSA) is 65.4 Å². The second-order valence-corrected chi connectivity index (χ2v) is 8.43. The van der Waals surface area contributed by atoms with Gasteiger partial charge < -0.3 is 14.8 Å². The van der Waals surface area contributed by atoms with E-state index in [-0.39, 0.29) is 11.2 Å². The standard InChI is InChI=1S/C23H25N3O3S/c1-14-7-5-6-8-17(14)12-29-18-10-9-16(11-19(18)28-4)22-21-15(2)25-26(3)23(21)24-20(27)13-30-22/h5-11,22H,12-13H2,1-4H3,(H,24,27)/t22-/m0/s1. The van der Waals surface area contributed by atoms with Gasteiger partial charge in [-0.05, 0) is 42.7 Å². The molecule has 0 spiro atoms. The van der Waals surface area contributed by atoms with Crippen LogP contribution in [-0.4, -0.2) is 28.6 Å². The first-order valence-corrected chi connectivity index (χ1v) is 10.8. The third-order valence-electron chi connectivity index (χ3n) is 5.30. The van der Waals surface area contributed by atoms with E-state index in [0.717, 1.165) is 28.2 Å². The number of ether oxygens (including phenoxy) is 2. The minimum Gasteiger partial charge on any atom is -0.493 e. The largest absolute Gasteiger partial charge is 0.493 e. The van der Waals surface area contributed by atoms with E-state index in [2.05, 4.69) is 29.5 Å². The highest BCUT2D eigenvalue weighted by atomic mass is 32.2. The van der Waals surface area contributed by atoms with Gasteiger partial charge in [-0.3, -0.25) is 9.48 Å². The van der Waals surface area contributed by atoms with Crippen LogP contribution >= 0.6 is 11.8 Å². The van der Waals surface area contributed by atoms with Gasteiger partial charge in [0.05, 0.1) is 23.8 Å². The Morgan fingerprint density at radius 1 is 1.20 bits per heavy atom. The molecule has 0 aliphatic carbocycles. The molecule has 0 radical (unpaired) electrons. The van der Waals surface area contributed by atoms with Gasteiger partial charge >= 0.3 is 0 Å². The number of hydrogen-bond acceptors (Lipinski definition) is 5. The summed E-state index contributed by atoms with van der Waals surface area (Å²) in [5.74, 6) is 2.49. The van der Waals surface area contributed by atoms with E-state index in [1.54, 1.807) is 23.6 Å². The highest BCUT2D eigenvalue weighted by Crippen LogP contribution is 2.44. The first-order chi connectivity index (χ1) is 14.5. The van der Waals surface area contributed by atoms with Crippen LogP contribution in [-0.2, 0) is 18.4 Å². The van der Waals surface area contributed by atoms with Gasteiger partial charge in [0.15, 0.2) is 11.5 Å². The normalized spacial score (nSPS) is 15.9. The van der Waals surface area contributed by atoms with E-state index >= 15 is 0 Å². The van der Waals surface area contributed by atoms with Gasteiger partial charge in [-0.1, -0.05) is 30.3 Å². The fourth-order valence-electron chi connectivity index (χ4n) is 3.70. The summed E-state index contributed by atoms with van der Waals surface area (Å²) in [5.41, 5.74) is 5.33. The summed E-state index contributed by atoms with van der Waals surface area (Å²) in [4.78, 5) is 12.2. The number of thioether (sulfide) groups is 1. The van der Waals surface area contributed by atoms with Crippen molar-refractivity contribution in [2.24, 2.45) is 7.05 Å². The lowest BCUT2D eigenvalue weighted by Crippen LogP contribution is -2.15. The summed E-state index contributed by atoms with van der Waals surface area (Å²) >= 11 is 1.59. The SMILES string of the molecule is COc1cc([C@@H]2SCC(=O)Nc3c2c(C)nn3C)ccc1OCc1ccccc1C. The molecular formula is C23H25N3O3S. The molecule has 0 unspecified atom stereocenters. The third kappa shape index (κ3) is 3.89. The number of benzene rings is 2. The van der Waals surface area contributed by atoms with Crippen molar-refractivity contribution in [1.82, 2.24) is 9.78 Å². The van der Waals surface area contributed by atoms with Crippen molar-refractivity contribution in [1.29, 1.82) is 0 Å². The van der Waals surface area contributed by atoms with Crippen molar-refractivity contribution < 1.29 is 14.3 Å². The average molecular weight is 424 g/mol. The van der Waals surface area contributed by atoms with Crippen molar-refractivity contribution in [2.45, 2.75) is 25.7 Å². The number of nitrogens with one attached hydrogen (secondary N) is 1. The van der Waals surface area contributed by atoms with Crippen LogP contribution in [0.15, 0.2) is 42.5 Å². The molecule has 1 amide bonds. The van der Waals surface area contributed by atoms with Gasteiger partial charge in [-0.25, -0.2) is 0 Å². The number of aryl methyl sites for hydroxylation is 3. The van der Waals surface area contributed by atoms with Crippen LogP contribution in [0.25, 0.3) is 0 Å². The molecule has 2 heterocycles. The zero-order valence-electron chi connectivity index (χ0n) is 17.6. The summed E-state index contributed by atoms with van der Waals surface area (Å²) in [6, 6.07) is 14.2. The van der Waals surface area contributed by atoms with Crippen LogP contribution < -0.4 is 14.8 Å². The van der Waals surface area contributed by atoms with Crippen molar-refractivity contribution in [3.8, 4) is 11.5 Å². The molecule has 1 aliphatic rings. The first kappa shape index (κ1) is 20.3. The third-order valence-corrected chi connectivity index (χ3v) is 6.57. The molecule has 1 aliphatic heterocycles. The number of methoxy groups -OCH3 is 1. The van der Waals surface area contributed by atoms with Gasteiger partial charge in [0.25, 0.3) is 0 Å². The van der Waals surface area contributed by atoms with Crippen LogP contribution in [0.2, 0.25) is 0 Å². The fourth-order valence-corrected chi connectivity index (χ4v) is 4.88. The molecule has 1 atom stereocenters. The van der Waals surface area contributed by atoms with E-state index < -0.39 is 0 Å². The van der Waals surface area contributed by atoms with E-state index in [4.69, 9.17) is 9.47 Å². The Labute approximate surface area is 180 Å². The quantitative estimate of drug-likeness (QED) is 0.659. The smallest absolute Gasteiger partial charge is 0.235 e. The summed E-state index contributed by atoms with van der Waals surface area (Å²) in [6.07, 6.45) is 0. The second kappa shape index (κ2) is 8.44. The maximum atomic E-state index is 12.2. The molecule has 4 rings (SSSR count). The number of amides is 1. The van der Waals surface area contributed by atoms with Gasteiger partial charge in [0, 0.05) is 12.6 Å².